The monoisotopic (exact) mass is 369 g/mol. The summed E-state index contributed by atoms with van der Waals surface area (Å²) in [7, 11) is 0. The number of hydrogen-bond donors (Lipinski definition) is 3. The fourth-order valence-electron chi connectivity index (χ4n) is 2.70. The Balaban J connectivity index is 0.00000576. The van der Waals surface area contributed by atoms with Crippen molar-refractivity contribution < 1.29 is 9.59 Å². The van der Waals surface area contributed by atoms with Crippen molar-refractivity contribution in [3.8, 4) is 0 Å². The predicted octanol–water partition coefficient (Wildman–Crippen LogP) is 2.38. The third kappa shape index (κ3) is 6.67. The molecule has 0 aliphatic carbocycles. The molecule has 5 nitrogen and oxygen atoms in total. The summed E-state index contributed by atoms with van der Waals surface area (Å²) in [6.45, 7) is 9.97. The summed E-state index contributed by atoms with van der Waals surface area (Å²) in [6.07, 6.45) is 0.799. The molecule has 2 amide bonds. The van der Waals surface area contributed by atoms with Gasteiger partial charge >= 0.3 is 0 Å². The second-order valence-corrected chi connectivity index (χ2v) is 7.10. The highest BCUT2D eigenvalue weighted by Gasteiger charge is 2.31. The van der Waals surface area contributed by atoms with Crippen LogP contribution in [0.1, 0.15) is 46.6 Å². The summed E-state index contributed by atoms with van der Waals surface area (Å²) in [5.41, 5.74) is 6.74. The first kappa shape index (κ1) is 23.4. The molecule has 4 N–H and O–H groups in total. The number of nitrogens with two attached hydrogens (primary N) is 1. The first-order chi connectivity index (χ1) is 11.2. The molecule has 0 aromatic heterocycles. The highest BCUT2D eigenvalue weighted by atomic mass is 35.5. The van der Waals surface area contributed by atoms with Gasteiger partial charge < -0.3 is 16.4 Å². The van der Waals surface area contributed by atoms with Crippen molar-refractivity contribution in [2.24, 2.45) is 11.7 Å². The zero-order valence-electron chi connectivity index (χ0n) is 15.8. The quantitative estimate of drug-likeness (QED) is 0.657. The lowest BCUT2D eigenvalue weighted by atomic mass is 9.76. The molecule has 0 fully saturated rings. The minimum absolute atomic E-state index is 0. The SMILES string of the molecule is CCC(NC(=O)CNC(=O)[C@@H](N)C(C)C)C(C)(C)c1ccccc1.Cl. The topological polar surface area (TPSA) is 84.2 Å². The lowest BCUT2D eigenvalue weighted by Crippen LogP contribution is -2.52. The van der Waals surface area contributed by atoms with Gasteiger partial charge in [0.05, 0.1) is 12.6 Å². The van der Waals surface area contributed by atoms with Crippen LogP contribution < -0.4 is 16.4 Å². The van der Waals surface area contributed by atoms with Crippen molar-refractivity contribution in [1.29, 1.82) is 0 Å². The van der Waals surface area contributed by atoms with E-state index in [0.717, 1.165) is 6.42 Å². The average Bonchev–Trinajstić information content (AvgIpc) is 2.57. The van der Waals surface area contributed by atoms with E-state index >= 15 is 0 Å². The summed E-state index contributed by atoms with van der Waals surface area (Å²) >= 11 is 0. The molecular weight excluding hydrogens is 338 g/mol. The van der Waals surface area contributed by atoms with E-state index in [2.05, 4.69) is 36.6 Å². The molecule has 0 radical (unpaired) electrons. The fourth-order valence-corrected chi connectivity index (χ4v) is 2.70. The third-order valence-corrected chi connectivity index (χ3v) is 4.58. The molecule has 1 aromatic carbocycles. The Labute approximate surface area is 157 Å². The summed E-state index contributed by atoms with van der Waals surface area (Å²) in [5.74, 6) is -0.459. The molecule has 1 aromatic rings. The zero-order valence-corrected chi connectivity index (χ0v) is 16.7. The van der Waals surface area contributed by atoms with Gasteiger partial charge in [0, 0.05) is 11.5 Å². The second kappa shape index (κ2) is 10.4. The second-order valence-electron chi connectivity index (χ2n) is 7.10. The van der Waals surface area contributed by atoms with E-state index in [0.29, 0.717) is 0 Å². The number of carbonyl (C=O) groups excluding carboxylic acids is 2. The van der Waals surface area contributed by atoms with E-state index in [1.54, 1.807) is 0 Å². The normalized spacial score (nSPS) is 13.6. The van der Waals surface area contributed by atoms with Crippen LogP contribution in [0.5, 0.6) is 0 Å². The minimum atomic E-state index is -0.597. The molecule has 0 saturated carbocycles. The first-order valence-electron chi connectivity index (χ1n) is 8.58. The van der Waals surface area contributed by atoms with Crippen molar-refractivity contribution in [2.45, 2.75) is 58.5 Å². The van der Waals surface area contributed by atoms with Gasteiger partial charge in [-0.15, -0.1) is 12.4 Å². The maximum atomic E-state index is 12.2. The largest absolute Gasteiger partial charge is 0.351 e. The van der Waals surface area contributed by atoms with Crippen molar-refractivity contribution >= 4 is 24.2 Å². The maximum Gasteiger partial charge on any atom is 0.239 e. The van der Waals surface area contributed by atoms with Gasteiger partial charge in [0.25, 0.3) is 0 Å². The van der Waals surface area contributed by atoms with Crippen LogP contribution in [-0.2, 0) is 15.0 Å². The molecule has 0 aliphatic heterocycles. The Kier molecular flexibility index (Phi) is 9.75. The molecule has 6 heteroatoms. The summed E-state index contributed by atoms with van der Waals surface area (Å²) in [5, 5.41) is 5.64. The summed E-state index contributed by atoms with van der Waals surface area (Å²) in [4.78, 5) is 24.1. The van der Waals surface area contributed by atoms with Crippen molar-refractivity contribution in [1.82, 2.24) is 10.6 Å². The Morgan fingerprint density at radius 2 is 1.72 bits per heavy atom. The fraction of sp³-hybridized carbons (Fsp3) is 0.579. The van der Waals surface area contributed by atoms with Gasteiger partial charge in [-0.1, -0.05) is 65.0 Å². The number of amides is 2. The summed E-state index contributed by atoms with van der Waals surface area (Å²) < 4.78 is 0. The Morgan fingerprint density at radius 3 is 2.20 bits per heavy atom. The predicted molar refractivity (Wildman–Crippen MR) is 105 cm³/mol. The molecule has 0 bridgehead atoms. The van der Waals surface area contributed by atoms with E-state index in [1.807, 2.05) is 39.0 Å². The van der Waals surface area contributed by atoms with E-state index in [-0.39, 0.29) is 48.1 Å². The summed E-state index contributed by atoms with van der Waals surface area (Å²) in [6, 6.07) is 9.49. The number of carbonyl (C=O) groups is 2. The van der Waals surface area contributed by atoms with Crippen LogP contribution in [0.2, 0.25) is 0 Å². The molecule has 1 rings (SSSR count). The van der Waals surface area contributed by atoms with Gasteiger partial charge in [0.1, 0.15) is 0 Å². The van der Waals surface area contributed by atoms with Crippen LogP contribution in [-0.4, -0.2) is 30.4 Å². The number of benzene rings is 1. The van der Waals surface area contributed by atoms with E-state index < -0.39 is 6.04 Å². The van der Waals surface area contributed by atoms with E-state index in [4.69, 9.17) is 5.73 Å². The minimum Gasteiger partial charge on any atom is -0.351 e. The van der Waals surface area contributed by atoms with E-state index in [1.165, 1.54) is 5.56 Å². The molecule has 0 aliphatic rings. The van der Waals surface area contributed by atoms with Crippen LogP contribution in [0, 0.1) is 5.92 Å². The van der Waals surface area contributed by atoms with Gasteiger partial charge in [-0.3, -0.25) is 9.59 Å². The lowest BCUT2D eigenvalue weighted by molar-refractivity contribution is -0.127. The lowest BCUT2D eigenvalue weighted by Gasteiger charge is -2.35. The Hall–Kier alpha value is -1.59. The van der Waals surface area contributed by atoms with Crippen molar-refractivity contribution in [3.63, 3.8) is 0 Å². The Bertz CT molecular complexity index is 547. The zero-order chi connectivity index (χ0) is 18.3. The molecule has 0 saturated heterocycles. The van der Waals surface area contributed by atoms with Crippen LogP contribution in [0.4, 0.5) is 0 Å². The molecule has 0 heterocycles. The number of rotatable bonds is 8. The van der Waals surface area contributed by atoms with Gasteiger partial charge in [-0.2, -0.15) is 0 Å². The van der Waals surface area contributed by atoms with Crippen LogP contribution in [0.25, 0.3) is 0 Å². The third-order valence-electron chi connectivity index (χ3n) is 4.58. The molecule has 25 heavy (non-hydrogen) atoms. The highest BCUT2D eigenvalue weighted by molar-refractivity contribution is 5.87. The number of hydrogen-bond acceptors (Lipinski definition) is 3. The molecule has 0 spiro atoms. The van der Waals surface area contributed by atoms with Crippen molar-refractivity contribution in [3.05, 3.63) is 35.9 Å². The average molecular weight is 370 g/mol. The standard InChI is InChI=1S/C19H31N3O2.ClH/c1-6-15(19(4,5)14-10-8-7-9-11-14)22-16(23)12-21-18(24)17(20)13(2)3;/h7-11,13,15,17H,6,12,20H2,1-5H3,(H,21,24)(H,22,23);1H/t15?,17-;/m0./s1. The maximum absolute atomic E-state index is 12.2. The van der Waals surface area contributed by atoms with Gasteiger partial charge in [0.15, 0.2) is 0 Å². The first-order valence-corrected chi connectivity index (χ1v) is 8.58. The highest BCUT2D eigenvalue weighted by Crippen LogP contribution is 2.28. The molecule has 1 unspecified atom stereocenters. The van der Waals surface area contributed by atoms with Crippen LogP contribution >= 0.6 is 12.4 Å². The van der Waals surface area contributed by atoms with Crippen LogP contribution in [0.3, 0.4) is 0 Å². The van der Waals surface area contributed by atoms with Gasteiger partial charge in [0.2, 0.25) is 11.8 Å². The van der Waals surface area contributed by atoms with Gasteiger partial charge in [-0.25, -0.2) is 0 Å². The molecule has 142 valence electrons. The Morgan fingerprint density at radius 1 is 1.16 bits per heavy atom. The number of nitrogens with one attached hydrogen (secondary N) is 2. The smallest absolute Gasteiger partial charge is 0.239 e. The van der Waals surface area contributed by atoms with Crippen LogP contribution in [0.15, 0.2) is 30.3 Å². The van der Waals surface area contributed by atoms with E-state index in [9.17, 15) is 9.59 Å². The molecular formula is C19H32ClN3O2. The number of halogens is 1. The van der Waals surface area contributed by atoms with Crippen molar-refractivity contribution in [2.75, 3.05) is 6.54 Å². The van der Waals surface area contributed by atoms with Gasteiger partial charge in [-0.05, 0) is 17.9 Å². The molecule has 2 atom stereocenters.